The summed E-state index contributed by atoms with van der Waals surface area (Å²) in [5.41, 5.74) is 1.48. The Kier molecular flexibility index (Phi) is 5.93. The van der Waals surface area contributed by atoms with Gasteiger partial charge in [-0.3, -0.25) is 4.90 Å². The molecule has 0 spiro atoms. The van der Waals surface area contributed by atoms with Crippen molar-refractivity contribution in [3.8, 4) is 0 Å². The van der Waals surface area contributed by atoms with E-state index < -0.39 is 0 Å². The molecule has 1 unspecified atom stereocenters. The van der Waals surface area contributed by atoms with Crippen LogP contribution in [0.1, 0.15) is 27.2 Å². The van der Waals surface area contributed by atoms with E-state index in [1.807, 2.05) is 0 Å². The average Bonchev–Trinajstić information content (AvgIpc) is 2.26. The van der Waals surface area contributed by atoms with Crippen molar-refractivity contribution in [2.45, 2.75) is 33.2 Å². The minimum atomic E-state index is 0.614. The molecule has 1 atom stereocenters. The molecule has 0 heterocycles. The van der Waals surface area contributed by atoms with E-state index >= 15 is 0 Å². The fraction of sp³-hybridized carbons (Fsp3) is 0.733. The van der Waals surface area contributed by atoms with Gasteiger partial charge in [-0.2, -0.15) is 0 Å². The Bertz CT molecular complexity index is 277. The Morgan fingerprint density at radius 2 is 2.00 bits per heavy atom. The van der Waals surface area contributed by atoms with E-state index in [0.717, 1.165) is 19.6 Å². The molecule has 1 rings (SSSR count). The van der Waals surface area contributed by atoms with E-state index in [4.69, 9.17) is 0 Å². The molecule has 17 heavy (non-hydrogen) atoms. The SMILES string of the molecule is CC1C=CC(CN(CCN(C)C)C(C)C)=CC1. The highest BCUT2D eigenvalue weighted by Gasteiger charge is 2.12. The summed E-state index contributed by atoms with van der Waals surface area (Å²) in [6.07, 6.45) is 8.24. The van der Waals surface area contributed by atoms with Crippen molar-refractivity contribution in [3.63, 3.8) is 0 Å². The number of likely N-dealkylation sites (N-methyl/N-ethyl adjacent to an activating group) is 1. The molecular weight excluding hydrogens is 208 g/mol. The van der Waals surface area contributed by atoms with Gasteiger partial charge in [0.1, 0.15) is 0 Å². The molecule has 0 saturated heterocycles. The van der Waals surface area contributed by atoms with Gasteiger partial charge in [0.2, 0.25) is 0 Å². The van der Waals surface area contributed by atoms with Gasteiger partial charge >= 0.3 is 0 Å². The molecule has 0 aliphatic heterocycles. The van der Waals surface area contributed by atoms with Gasteiger partial charge in [-0.05, 0) is 45.9 Å². The molecule has 0 bridgehead atoms. The Labute approximate surface area is 107 Å². The zero-order valence-electron chi connectivity index (χ0n) is 12.1. The van der Waals surface area contributed by atoms with Crippen LogP contribution in [0.3, 0.4) is 0 Å². The van der Waals surface area contributed by atoms with Gasteiger partial charge in [-0.25, -0.2) is 0 Å². The van der Waals surface area contributed by atoms with Crippen LogP contribution in [-0.2, 0) is 0 Å². The van der Waals surface area contributed by atoms with Crippen LogP contribution in [0.15, 0.2) is 23.8 Å². The van der Waals surface area contributed by atoms with E-state index in [1.54, 1.807) is 0 Å². The van der Waals surface area contributed by atoms with Gasteiger partial charge in [0, 0.05) is 25.7 Å². The summed E-state index contributed by atoms with van der Waals surface area (Å²) in [5.74, 6) is 0.716. The van der Waals surface area contributed by atoms with Crippen molar-refractivity contribution in [1.29, 1.82) is 0 Å². The predicted molar refractivity (Wildman–Crippen MR) is 76.3 cm³/mol. The minimum absolute atomic E-state index is 0.614. The molecule has 0 aromatic heterocycles. The second kappa shape index (κ2) is 6.97. The molecule has 0 aromatic carbocycles. The predicted octanol–water partition coefficient (Wildman–Crippen LogP) is 2.78. The van der Waals surface area contributed by atoms with E-state index in [-0.39, 0.29) is 0 Å². The fourth-order valence-corrected chi connectivity index (χ4v) is 1.97. The highest BCUT2D eigenvalue weighted by molar-refractivity contribution is 5.24. The third kappa shape index (κ3) is 5.51. The van der Waals surface area contributed by atoms with Crippen LogP contribution in [0.4, 0.5) is 0 Å². The zero-order chi connectivity index (χ0) is 12.8. The van der Waals surface area contributed by atoms with Crippen molar-refractivity contribution in [2.75, 3.05) is 33.7 Å². The van der Waals surface area contributed by atoms with Gasteiger partial charge < -0.3 is 4.90 Å². The fourth-order valence-electron chi connectivity index (χ4n) is 1.97. The van der Waals surface area contributed by atoms with Crippen molar-refractivity contribution in [3.05, 3.63) is 23.8 Å². The molecule has 0 amide bonds. The molecule has 0 N–H and O–H groups in total. The van der Waals surface area contributed by atoms with E-state index in [2.05, 4.69) is 62.9 Å². The van der Waals surface area contributed by atoms with Gasteiger partial charge in [0.05, 0.1) is 0 Å². The number of nitrogens with zero attached hydrogens (tertiary/aromatic N) is 2. The molecule has 98 valence electrons. The first-order valence-corrected chi connectivity index (χ1v) is 6.75. The standard InChI is InChI=1S/C15H28N2/c1-13(2)17(11-10-16(4)5)12-15-8-6-14(3)7-9-15/h6,8-9,13-14H,7,10-12H2,1-5H3. The molecule has 1 aliphatic rings. The number of hydrogen-bond acceptors (Lipinski definition) is 2. The first kappa shape index (κ1) is 14.5. The molecule has 0 aromatic rings. The number of allylic oxidation sites excluding steroid dienone is 2. The molecule has 0 radical (unpaired) electrons. The van der Waals surface area contributed by atoms with E-state index in [1.165, 1.54) is 12.0 Å². The third-order valence-corrected chi connectivity index (χ3v) is 3.34. The Morgan fingerprint density at radius 3 is 2.47 bits per heavy atom. The maximum Gasteiger partial charge on any atom is 0.0233 e. The van der Waals surface area contributed by atoms with Crippen LogP contribution >= 0.6 is 0 Å². The van der Waals surface area contributed by atoms with Crippen molar-refractivity contribution in [1.82, 2.24) is 9.80 Å². The lowest BCUT2D eigenvalue weighted by atomic mass is 9.98. The summed E-state index contributed by atoms with van der Waals surface area (Å²) in [6, 6.07) is 0.614. The van der Waals surface area contributed by atoms with Crippen molar-refractivity contribution < 1.29 is 0 Å². The average molecular weight is 236 g/mol. The Hall–Kier alpha value is -0.600. The van der Waals surface area contributed by atoms with Crippen LogP contribution in [0.2, 0.25) is 0 Å². The topological polar surface area (TPSA) is 6.48 Å². The third-order valence-electron chi connectivity index (χ3n) is 3.34. The normalized spacial score (nSPS) is 20.5. The lowest BCUT2D eigenvalue weighted by Gasteiger charge is -2.29. The highest BCUT2D eigenvalue weighted by Crippen LogP contribution is 2.17. The van der Waals surface area contributed by atoms with E-state index in [0.29, 0.717) is 12.0 Å². The monoisotopic (exact) mass is 236 g/mol. The first-order valence-electron chi connectivity index (χ1n) is 6.75. The van der Waals surface area contributed by atoms with Gasteiger partial charge in [0.15, 0.2) is 0 Å². The van der Waals surface area contributed by atoms with Crippen molar-refractivity contribution >= 4 is 0 Å². The van der Waals surface area contributed by atoms with Crippen molar-refractivity contribution in [2.24, 2.45) is 5.92 Å². The molecule has 0 saturated carbocycles. The summed E-state index contributed by atoms with van der Waals surface area (Å²) in [7, 11) is 4.28. The van der Waals surface area contributed by atoms with Crippen LogP contribution < -0.4 is 0 Å². The second-order valence-electron chi connectivity index (χ2n) is 5.72. The summed E-state index contributed by atoms with van der Waals surface area (Å²) in [6.45, 7) is 10.2. The maximum absolute atomic E-state index is 2.55. The lowest BCUT2D eigenvalue weighted by molar-refractivity contribution is 0.215. The summed E-state index contributed by atoms with van der Waals surface area (Å²) >= 11 is 0. The van der Waals surface area contributed by atoms with Crippen LogP contribution in [-0.4, -0.2) is 49.6 Å². The van der Waals surface area contributed by atoms with Gasteiger partial charge in [-0.1, -0.05) is 25.2 Å². The maximum atomic E-state index is 2.55. The first-order chi connectivity index (χ1) is 7.99. The Morgan fingerprint density at radius 1 is 1.29 bits per heavy atom. The van der Waals surface area contributed by atoms with Crippen LogP contribution in [0.25, 0.3) is 0 Å². The molecular formula is C15H28N2. The number of hydrogen-bond donors (Lipinski definition) is 0. The largest absolute Gasteiger partial charge is 0.308 e. The molecule has 2 nitrogen and oxygen atoms in total. The van der Waals surface area contributed by atoms with Crippen LogP contribution in [0.5, 0.6) is 0 Å². The highest BCUT2D eigenvalue weighted by atomic mass is 15.2. The smallest absolute Gasteiger partial charge is 0.0233 e. The summed E-state index contributed by atoms with van der Waals surface area (Å²) in [4.78, 5) is 4.80. The van der Waals surface area contributed by atoms with Crippen LogP contribution in [0, 0.1) is 5.92 Å². The number of rotatable bonds is 6. The molecule has 2 heteroatoms. The molecule has 0 fully saturated rings. The second-order valence-corrected chi connectivity index (χ2v) is 5.72. The quantitative estimate of drug-likeness (QED) is 0.700. The molecule has 1 aliphatic carbocycles. The summed E-state index contributed by atoms with van der Waals surface area (Å²) in [5, 5.41) is 0. The summed E-state index contributed by atoms with van der Waals surface area (Å²) < 4.78 is 0. The van der Waals surface area contributed by atoms with Gasteiger partial charge in [-0.15, -0.1) is 0 Å². The van der Waals surface area contributed by atoms with E-state index in [9.17, 15) is 0 Å². The minimum Gasteiger partial charge on any atom is -0.308 e. The lowest BCUT2D eigenvalue weighted by Crippen LogP contribution is -2.38. The zero-order valence-corrected chi connectivity index (χ0v) is 12.1. The van der Waals surface area contributed by atoms with Gasteiger partial charge in [0.25, 0.3) is 0 Å². The Balaban J connectivity index is 2.47.